The maximum atomic E-state index is 12.9. The summed E-state index contributed by atoms with van der Waals surface area (Å²) in [7, 11) is -2.17. The molecule has 2 amide bonds. The van der Waals surface area contributed by atoms with Crippen LogP contribution in [0.5, 0.6) is 5.75 Å². The van der Waals surface area contributed by atoms with Crippen LogP contribution in [-0.2, 0) is 19.6 Å². The van der Waals surface area contributed by atoms with Gasteiger partial charge in [-0.25, -0.2) is 13.4 Å². The zero-order valence-electron chi connectivity index (χ0n) is 16.5. The van der Waals surface area contributed by atoms with Crippen LogP contribution < -0.4 is 15.4 Å². The third kappa shape index (κ3) is 5.55. The Balaban J connectivity index is 1.51. The van der Waals surface area contributed by atoms with Gasteiger partial charge in [-0.2, -0.15) is 4.31 Å². The zero-order chi connectivity index (χ0) is 21.6. The Morgan fingerprint density at radius 3 is 2.73 bits per heavy atom. The van der Waals surface area contributed by atoms with Crippen molar-refractivity contribution < 1.29 is 22.7 Å². The summed E-state index contributed by atoms with van der Waals surface area (Å²) in [6.07, 6.45) is 2.91. The van der Waals surface area contributed by atoms with Crippen molar-refractivity contribution in [2.45, 2.75) is 24.2 Å². The minimum Gasteiger partial charge on any atom is -0.497 e. The van der Waals surface area contributed by atoms with Gasteiger partial charge < -0.3 is 15.4 Å². The van der Waals surface area contributed by atoms with E-state index in [4.69, 9.17) is 4.74 Å². The summed E-state index contributed by atoms with van der Waals surface area (Å²) in [6, 6.07) is 6.19. The van der Waals surface area contributed by atoms with Crippen LogP contribution in [0, 0.1) is 5.92 Å². The lowest BCUT2D eigenvalue weighted by Gasteiger charge is -2.31. The number of sulfonamides is 1. The Labute approximate surface area is 179 Å². The number of nitrogens with one attached hydrogen (secondary N) is 2. The number of nitrogens with zero attached hydrogens (tertiary/aromatic N) is 2. The first-order valence-electron chi connectivity index (χ1n) is 9.51. The Kier molecular flexibility index (Phi) is 7.40. The molecule has 0 bridgehead atoms. The molecule has 11 heteroatoms. The molecule has 1 fully saturated rings. The van der Waals surface area contributed by atoms with E-state index >= 15 is 0 Å². The number of rotatable bonds is 8. The highest BCUT2D eigenvalue weighted by Gasteiger charge is 2.33. The summed E-state index contributed by atoms with van der Waals surface area (Å²) >= 11 is 1.32. The number of aromatic nitrogens is 1. The summed E-state index contributed by atoms with van der Waals surface area (Å²) in [5.74, 6) is -0.359. The van der Waals surface area contributed by atoms with E-state index in [1.165, 1.54) is 34.9 Å². The van der Waals surface area contributed by atoms with Gasteiger partial charge in [0, 0.05) is 37.6 Å². The van der Waals surface area contributed by atoms with Crippen LogP contribution in [0.3, 0.4) is 0 Å². The number of thiazole rings is 1. The number of carbonyl (C=O) groups is 2. The number of methoxy groups -OCH3 is 1. The van der Waals surface area contributed by atoms with Crippen molar-refractivity contribution in [1.29, 1.82) is 0 Å². The molecule has 162 valence electrons. The van der Waals surface area contributed by atoms with Crippen LogP contribution in [-0.4, -0.2) is 56.3 Å². The van der Waals surface area contributed by atoms with Gasteiger partial charge in [-0.1, -0.05) is 0 Å². The highest BCUT2D eigenvalue weighted by atomic mass is 32.2. The van der Waals surface area contributed by atoms with Gasteiger partial charge in [0.05, 0.1) is 17.9 Å². The third-order valence-corrected chi connectivity index (χ3v) is 7.35. The van der Waals surface area contributed by atoms with Crippen LogP contribution in [0.1, 0.15) is 19.3 Å². The number of carbonyl (C=O) groups excluding carboxylic acids is 2. The summed E-state index contributed by atoms with van der Waals surface area (Å²) < 4.78 is 32.2. The first-order chi connectivity index (χ1) is 14.4. The van der Waals surface area contributed by atoms with Crippen LogP contribution in [0.2, 0.25) is 0 Å². The number of anilines is 1. The topological polar surface area (TPSA) is 118 Å². The van der Waals surface area contributed by atoms with Gasteiger partial charge in [0.2, 0.25) is 21.8 Å². The smallest absolute Gasteiger partial charge is 0.243 e. The SMILES string of the molecule is COc1ccc(S(=O)(=O)N2CCC[C@H](C(=O)NCCC(=O)Nc3nccs3)C2)cc1. The highest BCUT2D eigenvalue weighted by Crippen LogP contribution is 2.25. The molecule has 3 rings (SSSR count). The van der Waals surface area contributed by atoms with Crippen LogP contribution in [0.25, 0.3) is 0 Å². The largest absolute Gasteiger partial charge is 0.497 e. The molecule has 1 aliphatic heterocycles. The molecule has 0 saturated carbocycles. The van der Waals surface area contributed by atoms with Crippen LogP contribution >= 0.6 is 11.3 Å². The summed E-state index contributed by atoms with van der Waals surface area (Å²) in [4.78, 5) is 28.5. The standard InChI is InChI=1S/C19H24N4O5S2/c1-28-15-4-6-16(7-5-15)30(26,27)23-11-2-3-14(13-23)18(25)20-9-8-17(24)22-19-21-10-12-29-19/h4-7,10,12,14H,2-3,8-9,11,13H2,1H3,(H,20,25)(H,21,22,24)/t14-/m0/s1. The average molecular weight is 453 g/mol. The maximum absolute atomic E-state index is 12.9. The minimum atomic E-state index is -3.69. The molecule has 0 spiro atoms. The van der Waals surface area contributed by atoms with E-state index < -0.39 is 15.9 Å². The molecule has 0 radical (unpaired) electrons. The lowest BCUT2D eigenvalue weighted by Crippen LogP contribution is -2.45. The van der Waals surface area contributed by atoms with Crippen molar-refractivity contribution in [2.75, 3.05) is 32.1 Å². The van der Waals surface area contributed by atoms with E-state index in [2.05, 4.69) is 15.6 Å². The first kappa shape index (κ1) is 22.2. The molecular formula is C19H24N4O5S2. The monoisotopic (exact) mass is 452 g/mol. The molecule has 0 aliphatic carbocycles. The summed E-state index contributed by atoms with van der Waals surface area (Å²) in [5.41, 5.74) is 0. The van der Waals surface area contributed by atoms with E-state index in [0.717, 1.165) is 0 Å². The predicted octanol–water partition coefficient (Wildman–Crippen LogP) is 1.70. The van der Waals surface area contributed by atoms with Gasteiger partial charge in [-0.15, -0.1) is 11.3 Å². The second-order valence-electron chi connectivity index (χ2n) is 6.80. The number of piperidine rings is 1. The Bertz CT molecular complexity index is 961. The first-order valence-corrected chi connectivity index (χ1v) is 11.8. The van der Waals surface area contributed by atoms with Crippen molar-refractivity contribution >= 4 is 38.3 Å². The van der Waals surface area contributed by atoms with E-state index in [-0.39, 0.29) is 36.2 Å². The lowest BCUT2D eigenvalue weighted by atomic mass is 9.99. The minimum absolute atomic E-state index is 0.117. The summed E-state index contributed by atoms with van der Waals surface area (Å²) in [5, 5.41) is 7.65. The number of hydrogen-bond acceptors (Lipinski definition) is 7. The molecule has 9 nitrogen and oxygen atoms in total. The Morgan fingerprint density at radius 2 is 2.07 bits per heavy atom. The van der Waals surface area contributed by atoms with Crippen molar-refractivity contribution in [2.24, 2.45) is 5.92 Å². The number of benzene rings is 1. The van der Waals surface area contributed by atoms with E-state index in [1.807, 2.05) is 0 Å². The van der Waals surface area contributed by atoms with Gasteiger partial charge in [-0.3, -0.25) is 9.59 Å². The van der Waals surface area contributed by atoms with Gasteiger partial charge >= 0.3 is 0 Å². The Morgan fingerprint density at radius 1 is 1.30 bits per heavy atom. The third-order valence-electron chi connectivity index (χ3n) is 4.78. The molecule has 1 saturated heterocycles. The fourth-order valence-corrected chi connectivity index (χ4v) is 5.25. The average Bonchev–Trinajstić information content (AvgIpc) is 3.26. The molecule has 2 aromatic rings. The van der Waals surface area contributed by atoms with Crippen LogP contribution in [0.15, 0.2) is 40.7 Å². The maximum Gasteiger partial charge on any atom is 0.243 e. The van der Waals surface area contributed by atoms with Gasteiger partial charge in [-0.05, 0) is 37.1 Å². The highest BCUT2D eigenvalue weighted by molar-refractivity contribution is 7.89. The lowest BCUT2D eigenvalue weighted by molar-refractivity contribution is -0.126. The fourth-order valence-electron chi connectivity index (χ4n) is 3.18. The number of ether oxygens (including phenoxy) is 1. The number of hydrogen-bond donors (Lipinski definition) is 2. The van der Waals surface area contributed by atoms with E-state index in [0.29, 0.717) is 30.3 Å². The Hall–Kier alpha value is -2.50. The molecule has 1 aliphatic rings. The van der Waals surface area contributed by atoms with Crippen molar-refractivity contribution in [1.82, 2.24) is 14.6 Å². The molecule has 1 aromatic heterocycles. The molecule has 2 N–H and O–H groups in total. The van der Waals surface area contributed by atoms with Crippen molar-refractivity contribution in [3.05, 3.63) is 35.8 Å². The van der Waals surface area contributed by atoms with Gasteiger partial charge in [0.1, 0.15) is 5.75 Å². The normalized spacial score (nSPS) is 17.3. The second kappa shape index (κ2) is 10.0. The molecule has 30 heavy (non-hydrogen) atoms. The predicted molar refractivity (Wildman–Crippen MR) is 113 cm³/mol. The van der Waals surface area contributed by atoms with E-state index in [9.17, 15) is 18.0 Å². The number of amides is 2. The second-order valence-corrected chi connectivity index (χ2v) is 9.64. The van der Waals surface area contributed by atoms with Gasteiger partial charge in [0.25, 0.3) is 0 Å². The quantitative estimate of drug-likeness (QED) is 0.629. The molecule has 2 heterocycles. The van der Waals surface area contributed by atoms with Crippen molar-refractivity contribution in [3.63, 3.8) is 0 Å². The van der Waals surface area contributed by atoms with Crippen molar-refractivity contribution in [3.8, 4) is 5.75 Å². The molecule has 1 aromatic carbocycles. The fraction of sp³-hybridized carbons (Fsp3) is 0.421. The molecule has 1 atom stereocenters. The van der Waals surface area contributed by atoms with Gasteiger partial charge in [0.15, 0.2) is 5.13 Å². The summed E-state index contributed by atoms with van der Waals surface area (Å²) in [6.45, 7) is 0.664. The van der Waals surface area contributed by atoms with Crippen LogP contribution in [0.4, 0.5) is 5.13 Å². The zero-order valence-corrected chi connectivity index (χ0v) is 18.2. The molecular weight excluding hydrogens is 428 g/mol. The van der Waals surface area contributed by atoms with E-state index in [1.54, 1.807) is 23.7 Å². The molecule has 0 unspecified atom stereocenters.